The highest BCUT2D eigenvalue weighted by molar-refractivity contribution is 5.67. The smallest absolute Gasteiger partial charge is 0.305 e. The molecule has 0 spiro atoms. The van der Waals surface area contributed by atoms with Crippen LogP contribution in [-0.2, 0) is 16.0 Å². The van der Waals surface area contributed by atoms with E-state index in [1.807, 2.05) is 0 Å². The van der Waals surface area contributed by atoms with E-state index >= 15 is 0 Å². The summed E-state index contributed by atoms with van der Waals surface area (Å²) in [5, 5.41) is 9.05. The van der Waals surface area contributed by atoms with Crippen molar-refractivity contribution in [3.8, 4) is 0 Å². The van der Waals surface area contributed by atoms with Crippen LogP contribution in [0.4, 0.5) is 0 Å². The lowest BCUT2D eigenvalue weighted by Crippen LogP contribution is -2.47. The zero-order valence-corrected chi connectivity index (χ0v) is 12.9. The number of hydrogen-bond acceptors (Lipinski definition) is 3. The number of carboxylic acids is 1. The van der Waals surface area contributed by atoms with Crippen molar-refractivity contribution in [3.63, 3.8) is 0 Å². The van der Waals surface area contributed by atoms with E-state index in [1.54, 1.807) is 0 Å². The zero-order valence-electron chi connectivity index (χ0n) is 12.9. The number of carboxylic acid groups (broad SMARTS) is 1. The Morgan fingerprint density at radius 2 is 2.14 bits per heavy atom. The molecule has 2 unspecified atom stereocenters. The predicted octanol–water partition coefficient (Wildman–Crippen LogP) is 2.88. The standard InChI is InChI=1S/C17H25NO3/c1-3-4-14-5-7-15(8-6-14)13(2)18-9-10-21-12-16(18)11-17(19)20/h5-8,13,16H,3-4,9-12H2,1-2H3,(H,19,20). The molecule has 1 heterocycles. The number of ether oxygens (including phenoxy) is 1. The van der Waals surface area contributed by atoms with Crippen LogP contribution in [-0.4, -0.2) is 41.8 Å². The number of aryl methyl sites for hydroxylation is 1. The molecular formula is C17H25NO3. The number of hydrogen-bond donors (Lipinski definition) is 1. The van der Waals surface area contributed by atoms with Gasteiger partial charge in [-0.25, -0.2) is 0 Å². The third kappa shape index (κ3) is 4.29. The average Bonchev–Trinajstić information content (AvgIpc) is 2.48. The summed E-state index contributed by atoms with van der Waals surface area (Å²) >= 11 is 0. The topological polar surface area (TPSA) is 49.8 Å². The van der Waals surface area contributed by atoms with Crippen molar-refractivity contribution in [2.45, 2.75) is 45.2 Å². The van der Waals surface area contributed by atoms with E-state index in [4.69, 9.17) is 9.84 Å². The van der Waals surface area contributed by atoms with Crippen LogP contribution in [0.1, 0.15) is 43.9 Å². The van der Waals surface area contributed by atoms with Crippen LogP contribution in [0.5, 0.6) is 0 Å². The SMILES string of the molecule is CCCc1ccc(C(C)N2CCOCC2CC(=O)O)cc1. The Hall–Kier alpha value is -1.39. The summed E-state index contributed by atoms with van der Waals surface area (Å²) in [5.74, 6) is -0.763. The number of carbonyl (C=O) groups is 1. The maximum atomic E-state index is 11.0. The predicted molar refractivity (Wildman–Crippen MR) is 82.4 cm³/mol. The number of benzene rings is 1. The van der Waals surface area contributed by atoms with Gasteiger partial charge in [-0.2, -0.15) is 0 Å². The van der Waals surface area contributed by atoms with Crippen LogP contribution in [0, 0.1) is 0 Å². The fraction of sp³-hybridized carbons (Fsp3) is 0.588. The third-order valence-electron chi connectivity index (χ3n) is 4.18. The van der Waals surface area contributed by atoms with Gasteiger partial charge in [0.05, 0.1) is 19.6 Å². The summed E-state index contributed by atoms with van der Waals surface area (Å²) < 4.78 is 5.45. The summed E-state index contributed by atoms with van der Waals surface area (Å²) in [6, 6.07) is 8.88. The van der Waals surface area contributed by atoms with Crippen LogP contribution < -0.4 is 0 Å². The normalized spacial score (nSPS) is 21.1. The van der Waals surface area contributed by atoms with E-state index in [2.05, 4.69) is 43.0 Å². The van der Waals surface area contributed by atoms with Crippen molar-refractivity contribution in [1.82, 2.24) is 4.90 Å². The molecule has 2 rings (SSSR count). The number of morpholine rings is 1. The molecule has 116 valence electrons. The van der Waals surface area contributed by atoms with Gasteiger partial charge >= 0.3 is 5.97 Å². The van der Waals surface area contributed by atoms with E-state index in [0.29, 0.717) is 13.2 Å². The monoisotopic (exact) mass is 291 g/mol. The lowest BCUT2D eigenvalue weighted by molar-refractivity contribution is -0.140. The Kier molecular flexibility index (Phi) is 5.76. The second kappa shape index (κ2) is 7.57. The first-order valence-electron chi connectivity index (χ1n) is 7.76. The average molecular weight is 291 g/mol. The van der Waals surface area contributed by atoms with Gasteiger partial charge in [0.1, 0.15) is 0 Å². The Morgan fingerprint density at radius 3 is 2.76 bits per heavy atom. The minimum absolute atomic E-state index is 0.0402. The van der Waals surface area contributed by atoms with Gasteiger partial charge in [0.15, 0.2) is 0 Å². The Bertz CT molecular complexity index is 458. The maximum Gasteiger partial charge on any atom is 0.305 e. The Labute approximate surface area is 126 Å². The van der Waals surface area contributed by atoms with Crippen LogP contribution in [0.25, 0.3) is 0 Å². The van der Waals surface area contributed by atoms with Crippen molar-refractivity contribution < 1.29 is 14.6 Å². The van der Waals surface area contributed by atoms with Crippen molar-refractivity contribution in [3.05, 3.63) is 35.4 Å². The van der Waals surface area contributed by atoms with Crippen LogP contribution >= 0.6 is 0 Å². The molecule has 0 saturated carbocycles. The van der Waals surface area contributed by atoms with E-state index in [0.717, 1.165) is 19.4 Å². The first-order chi connectivity index (χ1) is 10.1. The Morgan fingerprint density at radius 1 is 1.43 bits per heavy atom. The van der Waals surface area contributed by atoms with E-state index < -0.39 is 5.97 Å². The molecule has 4 nitrogen and oxygen atoms in total. The van der Waals surface area contributed by atoms with E-state index in [1.165, 1.54) is 11.1 Å². The van der Waals surface area contributed by atoms with Crippen LogP contribution in [0.3, 0.4) is 0 Å². The first kappa shape index (κ1) is 16.0. The quantitative estimate of drug-likeness (QED) is 0.875. The minimum Gasteiger partial charge on any atom is -0.481 e. The van der Waals surface area contributed by atoms with Gasteiger partial charge < -0.3 is 9.84 Å². The second-order valence-corrected chi connectivity index (χ2v) is 5.73. The zero-order chi connectivity index (χ0) is 15.2. The van der Waals surface area contributed by atoms with Gasteiger partial charge in [0.2, 0.25) is 0 Å². The molecule has 0 aliphatic carbocycles. The highest BCUT2D eigenvalue weighted by atomic mass is 16.5. The van der Waals surface area contributed by atoms with Gasteiger partial charge in [0, 0.05) is 18.6 Å². The lowest BCUT2D eigenvalue weighted by Gasteiger charge is -2.39. The largest absolute Gasteiger partial charge is 0.481 e. The lowest BCUT2D eigenvalue weighted by atomic mass is 10.0. The van der Waals surface area contributed by atoms with Crippen molar-refractivity contribution >= 4 is 5.97 Å². The van der Waals surface area contributed by atoms with Crippen molar-refractivity contribution in [2.24, 2.45) is 0 Å². The number of nitrogens with zero attached hydrogens (tertiary/aromatic N) is 1. The summed E-state index contributed by atoms with van der Waals surface area (Å²) in [7, 11) is 0. The molecule has 0 bridgehead atoms. The summed E-state index contributed by atoms with van der Waals surface area (Å²) in [6.45, 7) is 6.30. The molecule has 2 atom stereocenters. The van der Waals surface area contributed by atoms with E-state index in [9.17, 15) is 4.79 Å². The molecule has 1 fully saturated rings. The molecule has 0 aromatic heterocycles. The molecule has 1 aliphatic heterocycles. The molecule has 1 N–H and O–H groups in total. The molecule has 1 aromatic rings. The molecule has 1 aliphatic rings. The molecule has 0 radical (unpaired) electrons. The van der Waals surface area contributed by atoms with Gasteiger partial charge in [-0.3, -0.25) is 9.69 Å². The van der Waals surface area contributed by atoms with E-state index in [-0.39, 0.29) is 18.5 Å². The summed E-state index contributed by atoms with van der Waals surface area (Å²) in [5.41, 5.74) is 2.60. The van der Waals surface area contributed by atoms with Gasteiger partial charge in [0.25, 0.3) is 0 Å². The number of aliphatic carboxylic acids is 1. The maximum absolute atomic E-state index is 11.0. The van der Waals surface area contributed by atoms with Crippen molar-refractivity contribution in [2.75, 3.05) is 19.8 Å². The first-order valence-corrected chi connectivity index (χ1v) is 7.76. The fourth-order valence-corrected chi connectivity index (χ4v) is 3.00. The molecule has 1 saturated heterocycles. The minimum atomic E-state index is -0.763. The number of rotatable bonds is 6. The highest BCUT2D eigenvalue weighted by Gasteiger charge is 2.29. The van der Waals surface area contributed by atoms with Gasteiger partial charge in [-0.1, -0.05) is 37.6 Å². The highest BCUT2D eigenvalue weighted by Crippen LogP contribution is 2.26. The van der Waals surface area contributed by atoms with Gasteiger partial charge in [-0.15, -0.1) is 0 Å². The fourth-order valence-electron chi connectivity index (χ4n) is 3.00. The summed E-state index contributed by atoms with van der Waals surface area (Å²) in [4.78, 5) is 13.3. The van der Waals surface area contributed by atoms with Gasteiger partial charge in [-0.05, 0) is 24.5 Å². The second-order valence-electron chi connectivity index (χ2n) is 5.73. The molecule has 4 heteroatoms. The summed E-state index contributed by atoms with van der Waals surface area (Å²) in [6.07, 6.45) is 2.39. The van der Waals surface area contributed by atoms with Crippen LogP contribution in [0.15, 0.2) is 24.3 Å². The molecule has 21 heavy (non-hydrogen) atoms. The molecule has 0 amide bonds. The van der Waals surface area contributed by atoms with Crippen LogP contribution in [0.2, 0.25) is 0 Å². The van der Waals surface area contributed by atoms with Crippen molar-refractivity contribution in [1.29, 1.82) is 0 Å². The third-order valence-corrected chi connectivity index (χ3v) is 4.18. The molecular weight excluding hydrogens is 266 g/mol. The molecule has 1 aromatic carbocycles. The Balaban J connectivity index is 2.08.